The third-order valence-corrected chi connectivity index (χ3v) is 2.97. The first kappa shape index (κ1) is 10.5. The highest BCUT2D eigenvalue weighted by Gasteiger charge is 2.27. The zero-order valence-electron chi connectivity index (χ0n) is 8.66. The highest BCUT2D eigenvalue weighted by atomic mass is 35.5. The number of hydrogen-bond donors (Lipinski definition) is 1. The number of rotatable bonds is 3. The second-order valence-electron chi connectivity index (χ2n) is 4.06. The van der Waals surface area contributed by atoms with Gasteiger partial charge in [0.1, 0.15) is 5.38 Å². The molecule has 1 amide bonds. The van der Waals surface area contributed by atoms with Gasteiger partial charge in [-0.2, -0.15) is 0 Å². The van der Waals surface area contributed by atoms with Crippen molar-refractivity contribution in [2.75, 3.05) is 0 Å². The van der Waals surface area contributed by atoms with E-state index in [1.54, 1.807) is 0 Å². The van der Waals surface area contributed by atoms with E-state index < -0.39 is 5.38 Å². The van der Waals surface area contributed by atoms with Crippen molar-refractivity contribution in [2.24, 2.45) is 0 Å². The fourth-order valence-electron chi connectivity index (χ4n) is 1.39. The van der Waals surface area contributed by atoms with Crippen molar-refractivity contribution < 1.29 is 4.79 Å². The summed E-state index contributed by atoms with van der Waals surface area (Å²) in [4.78, 5) is 11.6. The number of halogens is 1. The molecule has 15 heavy (non-hydrogen) atoms. The van der Waals surface area contributed by atoms with Gasteiger partial charge in [-0.1, -0.05) is 29.8 Å². The van der Waals surface area contributed by atoms with E-state index in [0.29, 0.717) is 6.04 Å². The molecule has 1 fully saturated rings. The highest BCUT2D eigenvalue weighted by Crippen LogP contribution is 2.24. The van der Waals surface area contributed by atoms with Crippen LogP contribution in [-0.2, 0) is 4.79 Å². The molecule has 2 nitrogen and oxygen atoms in total. The third-order valence-electron chi connectivity index (χ3n) is 2.52. The van der Waals surface area contributed by atoms with Crippen LogP contribution in [-0.4, -0.2) is 11.9 Å². The average molecular weight is 224 g/mol. The van der Waals surface area contributed by atoms with E-state index in [9.17, 15) is 4.79 Å². The molecule has 1 aromatic rings. The largest absolute Gasteiger partial charge is 0.352 e. The lowest BCUT2D eigenvalue weighted by Crippen LogP contribution is -2.28. The van der Waals surface area contributed by atoms with Crippen LogP contribution < -0.4 is 5.32 Å². The standard InChI is InChI=1S/C12H14ClNO/c1-8-2-4-9(5-3-8)11(13)12(15)14-10-6-7-10/h2-5,10-11H,6-7H2,1H3,(H,14,15). The van der Waals surface area contributed by atoms with Crippen LogP contribution in [0.1, 0.15) is 29.3 Å². The Balaban J connectivity index is 2.02. The summed E-state index contributed by atoms with van der Waals surface area (Å²) < 4.78 is 0. The molecule has 0 aromatic heterocycles. The molecule has 0 spiro atoms. The van der Waals surface area contributed by atoms with Gasteiger partial charge < -0.3 is 5.32 Å². The predicted molar refractivity (Wildman–Crippen MR) is 60.9 cm³/mol. The van der Waals surface area contributed by atoms with Crippen molar-refractivity contribution >= 4 is 17.5 Å². The van der Waals surface area contributed by atoms with Gasteiger partial charge in [-0.25, -0.2) is 0 Å². The molecule has 2 rings (SSSR count). The summed E-state index contributed by atoms with van der Waals surface area (Å²) >= 11 is 6.07. The smallest absolute Gasteiger partial charge is 0.242 e. The summed E-state index contributed by atoms with van der Waals surface area (Å²) in [6.45, 7) is 2.01. The van der Waals surface area contributed by atoms with E-state index in [-0.39, 0.29) is 5.91 Å². The number of carbonyl (C=O) groups is 1. The number of hydrogen-bond acceptors (Lipinski definition) is 1. The van der Waals surface area contributed by atoms with Gasteiger partial charge in [0.25, 0.3) is 0 Å². The van der Waals surface area contributed by atoms with Gasteiger partial charge in [0, 0.05) is 6.04 Å². The van der Waals surface area contributed by atoms with E-state index in [4.69, 9.17) is 11.6 Å². The molecular formula is C12H14ClNO. The molecule has 1 aliphatic rings. The van der Waals surface area contributed by atoms with Crippen LogP contribution in [0.25, 0.3) is 0 Å². The molecule has 3 heteroatoms. The number of benzene rings is 1. The molecule has 1 saturated carbocycles. The maximum atomic E-state index is 11.6. The topological polar surface area (TPSA) is 29.1 Å². The monoisotopic (exact) mass is 223 g/mol. The van der Waals surface area contributed by atoms with Crippen LogP contribution >= 0.6 is 11.6 Å². The van der Waals surface area contributed by atoms with Crippen LogP contribution in [0.5, 0.6) is 0 Å². The Kier molecular flexibility index (Phi) is 2.96. The lowest BCUT2D eigenvalue weighted by molar-refractivity contribution is -0.121. The van der Waals surface area contributed by atoms with E-state index in [0.717, 1.165) is 18.4 Å². The maximum absolute atomic E-state index is 11.6. The minimum absolute atomic E-state index is 0.0805. The van der Waals surface area contributed by atoms with Gasteiger partial charge in [-0.05, 0) is 25.3 Å². The maximum Gasteiger partial charge on any atom is 0.242 e. The van der Waals surface area contributed by atoms with Crippen LogP contribution in [0, 0.1) is 6.92 Å². The second-order valence-corrected chi connectivity index (χ2v) is 4.49. The quantitative estimate of drug-likeness (QED) is 0.784. The number of aryl methyl sites for hydroxylation is 1. The zero-order chi connectivity index (χ0) is 10.8. The number of nitrogens with one attached hydrogen (secondary N) is 1. The first-order valence-electron chi connectivity index (χ1n) is 5.18. The summed E-state index contributed by atoms with van der Waals surface area (Å²) in [5.74, 6) is -0.0805. The molecular weight excluding hydrogens is 210 g/mol. The van der Waals surface area contributed by atoms with E-state index in [1.165, 1.54) is 5.56 Å². The molecule has 80 valence electrons. The molecule has 0 heterocycles. The van der Waals surface area contributed by atoms with Gasteiger partial charge in [0.2, 0.25) is 5.91 Å². The minimum atomic E-state index is -0.564. The SMILES string of the molecule is Cc1ccc(C(Cl)C(=O)NC2CC2)cc1. The minimum Gasteiger partial charge on any atom is -0.352 e. The van der Waals surface area contributed by atoms with Crippen molar-refractivity contribution in [3.8, 4) is 0 Å². The Morgan fingerprint density at radius 2 is 2.00 bits per heavy atom. The highest BCUT2D eigenvalue weighted by molar-refractivity contribution is 6.30. The Labute approximate surface area is 94.6 Å². The zero-order valence-corrected chi connectivity index (χ0v) is 9.42. The van der Waals surface area contributed by atoms with Crippen molar-refractivity contribution in [3.05, 3.63) is 35.4 Å². The Hall–Kier alpha value is -1.02. The third kappa shape index (κ3) is 2.72. The van der Waals surface area contributed by atoms with Crippen LogP contribution in [0.15, 0.2) is 24.3 Å². The molecule has 1 atom stereocenters. The summed E-state index contributed by atoms with van der Waals surface area (Å²) in [6.07, 6.45) is 2.17. The van der Waals surface area contributed by atoms with Crippen molar-refractivity contribution in [2.45, 2.75) is 31.2 Å². The van der Waals surface area contributed by atoms with Crippen molar-refractivity contribution in [1.29, 1.82) is 0 Å². The number of alkyl halides is 1. The molecule has 1 unspecified atom stereocenters. The first-order valence-corrected chi connectivity index (χ1v) is 5.61. The van der Waals surface area contributed by atoms with Crippen molar-refractivity contribution in [1.82, 2.24) is 5.32 Å². The van der Waals surface area contributed by atoms with Crippen molar-refractivity contribution in [3.63, 3.8) is 0 Å². The van der Waals surface area contributed by atoms with Gasteiger partial charge in [-0.15, -0.1) is 11.6 Å². The van der Waals surface area contributed by atoms with E-state index in [1.807, 2.05) is 31.2 Å². The first-order chi connectivity index (χ1) is 7.16. The van der Waals surface area contributed by atoms with E-state index in [2.05, 4.69) is 5.32 Å². The fraction of sp³-hybridized carbons (Fsp3) is 0.417. The summed E-state index contributed by atoms with van der Waals surface area (Å²) in [6, 6.07) is 8.10. The van der Waals surface area contributed by atoms with Gasteiger partial charge in [0.15, 0.2) is 0 Å². The number of amides is 1. The molecule has 0 bridgehead atoms. The molecule has 1 aliphatic carbocycles. The van der Waals surface area contributed by atoms with Crippen LogP contribution in [0.3, 0.4) is 0 Å². The average Bonchev–Trinajstić information content (AvgIpc) is 3.02. The number of carbonyl (C=O) groups excluding carboxylic acids is 1. The summed E-state index contributed by atoms with van der Waals surface area (Å²) in [7, 11) is 0. The molecule has 0 aliphatic heterocycles. The second kappa shape index (κ2) is 4.23. The fourth-order valence-corrected chi connectivity index (χ4v) is 1.60. The molecule has 0 saturated heterocycles. The molecule has 0 radical (unpaired) electrons. The lowest BCUT2D eigenvalue weighted by atomic mass is 10.1. The lowest BCUT2D eigenvalue weighted by Gasteiger charge is -2.10. The van der Waals surface area contributed by atoms with Crippen LogP contribution in [0.2, 0.25) is 0 Å². The predicted octanol–water partition coefficient (Wildman–Crippen LogP) is 2.55. The van der Waals surface area contributed by atoms with Gasteiger partial charge >= 0.3 is 0 Å². The van der Waals surface area contributed by atoms with Gasteiger partial charge in [0.05, 0.1) is 0 Å². The summed E-state index contributed by atoms with van der Waals surface area (Å²) in [5.41, 5.74) is 2.03. The van der Waals surface area contributed by atoms with Gasteiger partial charge in [-0.3, -0.25) is 4.79 Å². The van der Waals surface area contributed by atoms with Crippen LogP contribution in [0.4, 0.5) is 0 Å². The molecule has 1 N–H and O–H groups in total. The summed E-state index contributed by atoms with van der Waals surface area (Å²) in [5, 5.41) is 2.33. The Morgan fingerprint density at radius 1 is 1.40 bits per heavy atom. The molecule has 1 aromatic carbocycles. The Morgan fingerprint density at radius 3 is 2.53 bits per heavy atom. The Bertz CT molecular complexity index is 356. The van der Waals surface area contributed by atoms with E-state index >= 15 is 0 Å². The normalized spacial score (nSPS) is 17.2.